The molecule has 0 radical (unpaired) electrons. The van der Waals surface area contributed by atoms with Gasteiger partial charge in [0.05, 0.1) is 29.5 Å². The Morgan fingerprint density at radius 2 is 2.10 bits per heavy atom. The molecule has 1 aromatic carbocycles. The van der Waals surface area contributed by atoms with Gasteiger partial charge in [0.15, 0.2) is 0 Å². The van der Waals surface area contributed by atoms with E-state index in [0.29, 0.717) is 32.5 Å². The van der Waals surface area contributed by atoms with E-state index in [1.807, 2.05) is 41.8 Å². The second-order valence-corrected chi connectivity index (χ2v) is 8.19. The van der Waals surface area contributed by atoms with Gasteiger partial charge in [0.2, 0.25) is 5.91 Å². The van der Waals surface area contributed by atoms with Gasteiger partial charge >= 0.3 is 0 Å². The molecule has 158 valence electrons. The van der Waals surface area contributed by atoms with Crippen LogP contribution in [0.2, 0.25) is 0 Å². The van der Waals surface area contributed by atoms with Crippen molar-refractivity contribution in [3.63, 3.8) is 0 Å². The number of amides is 1. The second-order valence-electron chi connectivity index (χ2n) is 8.19. The molecule has 1 atom stereocenters. The number of piperidine rings is 1. The number of carbonyl (C=O) groups is 1. The molecule has 4 rings (SSSR count). The number of hydrogen-bond acceptors (Lipinski definition) is 6. The van der Waals surface area contributed by atoms with Crippen LogP contribution in [0.5, 0.6) is 0 Å². The van der Waals surface area contributed by atoms with E-state index in [0.717, 1.165) is 35.5 Å². The lowest BCUT2D eigenvalue weighted by molar-refractivity contribution is -0.133. The zero-order chi connectivity index (χ0) is 21.1. The number of carbonyl (C=O) groups excluding carboxylic acids is 1. The van der Waals surface area contributed by atoms with Gasteiger partial charge in [-0.25, -0.2) is 15.0 Å². The van der Waals surface area contributed by atoms with Gasteiger partial charge in [-0.2, -0.15) is 0 Å². The number of hydrogen-bond donors (Lipinski definition) is 1. The Kier molecular flexibility index (Phi) is 5.67. The van der Waals surface area contributed by atoms with Crippen molar-refractivity contribution in [3.8, 4) is 0 Å². The minimum absolute atomic E-state index is 0.0104. The van der Waals surface area contributed by atoms with Gasteiger partial charge in [-0.3, -0.25) is 4.79 Å². The molecule has 0 unspecified atom stereocenters. The van der Waals surface area contributed by atoms with Crippen molar-refractivity contribution in [2.24, 2.45) is 0 Å². The molecule has 8 nitrogen and oxygen atoms in total. The van der Waals surface area contributed by atoms with Crippen molar-refractivity contribution in [1.29, 1.82) is 0 Å². The molecule has 1 fully saturated rings. The highest BCUT2D eigenvalue weighted by atomic mass is 16.3. The number of imidazole rings is 1. The minimum atomic E-state index is -0.955. The molecule has 0 saturated carbocycles. The Bertz CT molecular complexity index is 1040. The maximum Gasteiger partial charge on any atom is 0.224 e. The maximum atomic E-state index is 12.7. The number of aromatic nitrogens is 4. The second kappa shape index (κ2) is 8.39. The molecule has 1 saturated heterocycles. The Hall–Kier alpha value is -3.00. The van der Waals surface area contributed by atoms with Crippen molar-refractivity contribution >= 4 is 22.8 Å². The van der Waals surface area contributed by atoms with Crippen LogP contribution in [0.25, 0.3) is 11.0 Å². The number of rotatable bonds is 6. The van der Waals surface area contributed by atoms with Gasteiger partial charge < -0.3 is 19.5 Å². The number of para-hydroxylation sites is 2. The quantitative estimate of drug-likeness (QED) is 0.671. The lowest BCUT2D eigenvalue weighted by Crippen LogP contribution is -2.55. The molecule has 30 heavy (non-hydrogen) atoms. The van der Waals surface area contributed by atoms with Crippen LogP contribution < -0.4 is 4.90 Å². The number of benzene rings is 1. The van der Waals surface area contributed by atoms with Crippen LogP contribution in [-0.2, 0) is 11.3 Å². The van der Waals surface area contributed by atoms with Crippen LogP contribution in [-0.4, -0.2) is 67.7 Å². The topological polar surface area (TPSA) is 87.4 Å². The number of anilines is 1. The third kappa shape index (κ3) is 4.43. The molecule has 1 aliphatic rings. The van der Waals surface area contributed by atoms with Crippen molar-refractivity contribution in [1.82, 2.24) is 24.4 Å². The van der Waals surface area contributed by atoms with Crippen LogP contribution in [0.15, 0.2) is 43.0 Å². The summed E-state index contributed by atoms with van der Waals surface area (Å²) in [5.74, 6) is 0.831. The molecule has 0 bridgehead atoms. The summed E-state index contributed by atoms with van der Waals surface area (Å²) in [6.45, 7) is 4.08. The van der Waals surface area contributed by atoms with Crippen LogP contribution in [0, 0.1) is 6.92 Å². The van der Waals surface area contributed by atoms with E-state index in [9.17, 15) is 9.90 Å². The highest BCUT2D eigenvalue weighted by Gasteiger charge is 2.35. The largest absolute Gasteiger partial charge is 0.386 e. The molecule has 8 heteroatoms. The molecule has 0 aliphatic carbocycles. The lowest BCUT2D eigenvalue weighted by atomic mass is 9.92. The van der Waals surface area contributed by atoms with Crippen LogP contribution in [0.1, 0.15) is 25.0 Å². The van der Waals surface area contributed by atoms with Gasteiger partial charge in [-0.1, -0.05) is 12.1 Å². The number of nitrogens with zero attached hydrogens (tertiary/aromatic N) is 6. The number of aliphatic hydroxyl groups is 1. The number of likely N-dealkylation sites (N-methyl/N-ethyl adjacent to an activating group) is 1. The first-order valence-electron chi connectivity index (χ1n) is 10.3. The summed E-state index contributed by atoms with van der Waals surface area (Å²) in [6, 6.07) is 9.82. The fraction of sp³-hybridized carbons (Fsp3) is 0.455. The van der Waals surface area contributed by atoms with Crippen molar-refractivity contribution in [3.05, 3.63) is 48.7 Å². The first-order valence-corrected chi connectivity index (χ1v) is 10.3. The van der Waals surface area contributed by atoms with Gasteiger partial charge in [0.1, 0.15) is 12.1 Å². The highest BCUT2D eigenvalue weighted by Crippen LogP contribution is 2.26. The first-order chi connectivity index (χ1) is 14.4. The molecular weight excluding hydrogens is 380 g/mol. The molecule has 1 N–H and O–H groups in total. The summed E-state index contributed by atoms with van der Waals surface area (Å²) >= 11 is 0. The van der Waals surface area contributed by atoms with E-state index in [-0.39, 0.29) is 5.91 Å². The van der Waals surface area contributed by atoms with Gasteiger partial charge in [0.25, 0.3) is 0 Å². The van der Waals surface area contributed by atoms with Crippen molar-refractivity contribution in [2.45, 2.75) is 38.3 Å². The lowest BCUT2D eigenvalue weighted by Gasteiger charge is -2.41. The molecular formula is C22H28N6O2. The zero-order valence-corrected chi connectivity index (χ0v) is 17.5. The van der Waals surface area contributed by atoms with E-state index in [1.54, 1.807) is 24.6 Å². The Balaban J connectivity index is 1.36. The Morgan fingerprint density at radius 1 is 1.27 bits per heavy atom. The normalized spacial score (nSPS) is 19.2. The Morgan fingerprint density at radius 3 is 2.93 bits per heavy atom. The number of β-amino-alcohol motifs (C(OH)–C–C–N with tert-alkyl or cyclic N) is 1. The highest BCUT2D eigenvalue weighted by molar-refractivity contribution is 5.77. The van der Waals surface area contributed by atoms with Gasteiger partial charge in [-0.05, 0) is 31.9 Å². The summed E-state index contributed by atoms with van der Waals surface area (Å²) in [4.78, 5) is 29.3. The van der Waals surface area contributed by atoms with Crippen LogP contribution in [0.4, 0.5) is 5.82 Å². The van der Waals surface area contributed by atoms with E-state index in [4.69, 9.17) is 0 Å². The summed E-state index contributed by atoms with van der Waals surface area (Å²) in [5, 5.41) is 11.2. The predicted molar refractivity (Wildman–Crippen MR) is 115 cm³/mol. The number of fused-ring (bicyclic) bond motifs is 1. The summed E-state index contributed by atoms with van der Waals surface area (Å²) < 4.78 is 2.00. The third-order valence-electron chi connectivity index (χ3n) is 5.72. The molecule has 0 spiro atoms. The number of aryl methyl sites for hydroxylation is 2. The van der Waals surface area contributed by atoms with E-state index >= 15 is 0 Å². The van der Waals surface area contributed by atoms with Crippen LogP contribution >= 0.6 is 0 Å². The average Bonchev–Trinajstić information content (AvgIpc) is 3.15. The monoisotopic (exact) mass is 408 g/mol. The smallest absolute Gasteiger partial charge is 0.224 e. The molecule has 3 aromatic rings. The molecule has 3 heterocycles. The Labute approximate surface area is 176 Å². The molecule has 2 aromatic heterocycles. The van der Waals surface area contributed by atoms with Crippen LogP contribution in [0.3, 0.4) is 0 Å². The SMILES string of the molecule is Cc1cc(N2CCC[C@@](O)(CN(C)C(=O)CCn3cnc4ccccc43)C2)ncn1. The standard InChI is InChI=1S/C22H28N6O2/c1-17-12-20(24-15-23-17)27-10-5-9-22(30,14-27)13-26(2)21(29)8-11-28-16-25-18-6-3-4-7-19(18)28/h3-4,6-7,12,15-16,30H,5,8-11,13-14H2,1-2H3/t22-/m1/s1. The predicted octanol–water partition coefficient (Wildman–Crippen LogP) is 2.01. The minimum Gasteiger partial charge on any atom is -0.386 e. The third-order valence-corrected chi connectivity index (χ3v) is 5.72. The molecule has 1 aliphatic heterocycles. The fourth-order valence-corrected chi connectivity index (χ4v) is 4.18. The van der Waals surface area contributed by atoms with E-state index in [2.05, 4.69) is 19.9 Å². The summed E-state index contributed by atoms with van der Waals surface area (Å²) in [6.07, 6.45) is 5.20. The maximum absolute atomic E-state index is 12.7. The van der Waals surface area contributed by atoms with Crippen molar-refractivity contribution < 1.29 is 9.90 Å². The van der Waals surface area contributed by atoms with E-state index < -0.39 is 5.60 Å². The van der Waals surface area contributed by atoms with Gasteiger partial charge in [-0.15, -0.1) is 0 Å². The van der Waals surface area contributed by atoms with Gasteiger partial charge in [0, 0.05) is 44.9 Å². The molecule has 1 amide bonds. The zero-order valence-electron chi connectivity index (χ0n) is 17.5. The summed E-state index contributed by atoms with van der Waals surface area (Å²) in [7, 11) is 1.76. The van der Waals surface area contributed by atoms with Crippen molar-refractivity contribution in [2.75, 3.05) is 31.6 Å². The van der Waals surface area contributed by atoms with E-state index in [1.165, 1.54) is 0 Å². The fourth-order valence-electron chi connectivity index (χ4n) is 4.18. The average molecular weight is 409 g/mol. The summed E-state index contributed by atoms with van der Waals surface area (Å²) in [5.41, 5.74) is 1.89. The first kappa shape index (κ1) is 20.3.